The Balaban J connectivity index is 1.76. The molecular weight excluding hydrogens is 356 g/mol. The second-order valence-corrected chi connectivity index (χ2v) is 5.67. The molecule has 0 amide bonds. The maximum atomic E-state index is 5.61. The molecule has 6 heteroatoms. The lowest BCUT2D eigenvalue weighted by Crippen LogP contribution is -1.98. The lowest BCUT2D eigenvalue weighted by molar-refractivity contribution is 0.362. The van der Waals surface area contributed by atoms with Gasteiger partial charge in [0.2, 0.25) is 5.95 Å². The van der Waals surface area contributed by atoms with E-state index >= 15 is 0 Å². The number of aromatic nitrogens is 2. The van der Waals surface area contributed by atoms with Crippen LogP contribution in [-0.4, -0.2) is 22.8 Å². The summed E-state index contributed by atoms with van der Waals surface area (Å²) in [6.07, 6.45) is 3.39. The zero-order valence-corrected chi connectivity index (χ0v) is 13.9. The number of nitrogens with one attached hydrogen (secondary N) is 2. The van der Waals surface area contributed by atoms with Gasteiger partial charge in [-0.1, -0.05) is 40.7 Å². The number of H-pyrrole nitrogens is 1. The Morgan fingerprint density at radius 3 is 3.00 bits per heavy atom. The van der Waals surface area contributed by atoms with Gasteiger partial charge in [0.1, 0.15) is 12.4 Å². The summed E-state index contributed by atoms with van der Waals surface area (Å²) in [5, 5.41) is 4.22. The average molecular weight is 371 g/mol. The molecule has 0 saturated heterocycles. The van der Waals surface area contributed by atoms with Gasteiger partial charge in [-0.05, 0) is 30.3 Å². The second kappa shape index (κ2) is 7.11. The number of imidazole rings is 1. The third-order valence-electron chi connectivity index (χ3n) is 3.09. The fourth-order valence-corrected chi connectivity index (χ4v) is 2.45. The third-order valence-corrected chi connectivity index (χ3v) is 3.59. The topological polar surface area (TPSA) is 62.3 Å². The lowest BCUT2D eigenvalue weighted by Gasteiger charge is -2.07. The summed E-state index contributed by atoms with van der Waals surface area (Å²) in [5.74, 6) is 1.33. The predicted octanol–water partition coefficient (Wildman–Crippen LogP) is 4.34. The van der Waals surface area contributed by atoms with Gasteiger partial charge in [0, 0.05) is 10.0 Å². The largest absolute Gasteiger partial charge is 0.489 e. The monoisotopic (exact) mass is 370 g/mol. The average Bonchev–Trinajstić information content (AvgIpc) is 2.97. The first kappa shape index (κ1) is 15.3. The molecule has 0 radical (unpaired) electrons. The van der Waals surface area contributed by atoms with Crippen molar-refractivity contribution in [3.8, 4) is 5.75 Å². The Morgan fingerprint density at radius 1 is 1.30 bits per heavy atom. The van der Waals surface area contributed by atoms with E-state index in [0.717, 1.165) is 26.8 Å². The molecule has 0 fully saturated rings. The number of aromatic amines is 1. The summed E-state index contributed by atoms with van der Waals surface area (Å²) >= 11 is 3.45. The molecule has 2 N–H and O–H groups in total. The predicted molar refractivity (Wildman–Crippen MR) is 97.1 cm³/mol. The van der Waals surface area contributed by atoms with Gasteiger partial charge >= 0.3 is 0 Å². The highest BCUT2D eigenvalue weighted by atomic mass is 79.9. The van der Waals surface area contributed by atoms with E-state index in [1.54, 1.807) is 12.3 Å². The summed E-state index contributed by atoms with van der Waals surface area (Å²) in [6, 6.07) is 13.5. The Labute approximate surface area is 142 Å². The van der Waals surface area contributed by atoms with Crippen LogP contribution in [0.4, 0.5) is 5.95 Å². The Kier molecular flexibility index (Phi) is 4.73. The van der Waals surface area contributed by atoms with Crippen LogP contribution in [0.2, 0.25) is 0 Å². The molecule has 23 heavy (non-hydrogen) atoms. The number of fused-ring (bicyclic) bond motifs is 1. The first-order valence-electron chi connectivity index (χ1n) is 7.03. The molecular formula is C17H15BrN4O. The Bertz CT molecular complexity index is 824. The number of halogens is 1. The molecule has 0 bridgehead atoms. The van der Waals surface area contributed by atoms with E-state index in [1.165, 1.54) is 0 Å². The van der Waals surface area contributed by atoms with Crippen LogP contribution in [0.5, 0.6) is 5.75 Å². The maximum Gasteiger partial charge on any atom is 0.222 e. The van der Waals surface area contributed by atoms with Crippen LogP contribution in [0.3, 0.4) is 0 Å². The van der Waals surface area contributed by atoms with Gasteiger partial charge in [-0.2, -0.15) is 5.10 Å². The highest BCUT2D eigenvalue weighted by Crippen LogP contribution is 2.22. The second-order valence-electron chi connectivity index (χ2n) is 4.75. The first-order chi connectivity index (χ1) is 11.3. The van der Waals surface area contributed by atoms with E-state index in [-0.39, 0.29) is 0 Å². The molecule has 1 aromatic heterocycles. The van der Waals surface area contributed by atoms with Gasteiger partial charge in [0.05, 0.1) is 17.2 Å². The molecule has 0 atom stereocenters. The minimum Gasteiger partial charge on any atom is -0.489 e. The van der Waals surface area contributed by atoms with Gasteiger partial charge in [0.25, 0.3) is 0 Å². The SMILES string of the molecule is C=CCOc1ccc(Br)cc1/C=N/Nc1nc2ccccc2[nH]1. The van der Waals surface area contributed by atoms with Crippen LogP contribution in [0, 0.1) is 0 Å². The Hall–Kier alpha value is -2.60. The number of benzene rings is 2. The standard InChI is InChI=1S/C17H15BrN4O/c1-2-9-23-16-8-7-13(18)10-12(16)11-19-22-17-20-14-5-3-4-6-15(14)21-17/h2-8,10-11H,1,9H2,(H2,20,21,22)/b19-11+. The van der Waals surface area contributed by atoms with Crippen molar-refractivity contribution in [2.24, 2.45) is 5.10 Å². The van der Waals surface area contributed by atoms with Gasteiger partial charge in [-0.15, -0.1) is 0 Å². The van der Waals surface area contributed by atoms with E-state index in [9.17, 15) is 0 Å². The molecule has 0 aliphatic rings. The lowest BCUT2D eigenvalue weighted by atomic mass is 10.2. The molecule has 0 unspecified atom stereocenters. The summed E-state index contributed by atoms with van der Waals surface area (Å²) in [6.45, 7) is 4.10. The fraction of sp³-hybridized carbons (Fsp3) is 0.0588. The highest BCUT2D eigenvalue weighted by molar-refractivity contribution is 9.10. The molecule has 5 nitrogen and oxygen atoms in total. The smallest absolute Gasteiger partial charge is 0.222 e. The van der Waals surface area contributed by atoms with Crippen molar-refractivity contribution < 1.29 is 4.74 Å². The number of hydrazone groups is 1. The number of hydrogen-bond donors (Lipinski definition) is 2. The van der Waals surface area contributed by atoms with Crippen LogP contribution >= 0.6 is 15.9 Å². The molecule has 0 saturated carbocycles. The van der Waals surface area contributed by atoms with Crippen molar-refractivity contribution in [1.29, 1.82) is 0 Å². The summed E-state index contributed by atoms with van der Waals surface area (Å²) in [7, 11) is 0. The molecule has 3 aromatic rings. The van der Waals surface area contributed by atoms with Gasteiger partial charge in [-0.25, -0.2) is 10.4 Å². The number of anilines is 1. The number of hydrogen-bond acceptors (Lipinski definition) is 4. The van der Waals surface area contributed by atoms with Crippen molar-refractivity contribution in [3.05, 3.63) is 65.2 Å². The van der Waals surface area contributed by atoms with E-state index in [1.807, 2.05) is 42.5 Å². The van der Waals surface area contributed by atoms with Gasteiger partial charge in [-0.3, -0.25) is 0 Å². The Morgan fingerprint density at radius 2 is 2.17 bits per heavy atom. The van der Waals surface area contributed by atoms with Crippen LogP contribution < -0.4 is 10.2 Å². The molecule has 116 valence electrons. The van der Waals surface area contributed by atoms with E-state index < -0.39 is 0 Å². The van der Waals surface area contributed by atoms with Crippen molar-refractivity contribution in [3.63, 3.8) is 0 Å². The van der Waals surface area contributed by atoms with Gasteiger partial charge < -0.3 is 9.72 Å². The molecule has 0 spiro atoms. The quantitative estimate of drug-likeness (QED) is 0.385. The molecule has 3 rings (SSSR count). The highest BCUT2D eigenvalue weighted by Gasteiger charge is 2.03. The minimum atomic E-state index is 0.444. The summed E-state index contributed by atoms with van der Waals surface area (Å²) < 4.78 is 6.56. The van der Waals surface area contributed by atoms with E-state index in [0.29, 0.717) is 12.6 Å². The fourth-order valence-electron chi connectivity index (χ4n) is 2.07. The van der Waals surface area contributed by atoms with Crippen molar-refractivity contribution in [1.82, 2.24) is 9.97 Å². The minimum absolute atomic E-state index is 0.444. The van der Waals surface area contributed by atoms with Crippen molar-refractivity contribution in [2.45, 2.75) is 0 Å². The van der Waals surface area contributed by atoms with E-state index in [2.05, 4.69) is 43.0 Å². The molecule has 1 heterocycles. The molecule has 0 aliphatic heterocycles. The zero-order valence-electron chi connectivity index (χ0n) is 12.3. The molecule has 2 aromatic carbocycles. The molecule has 0 aliphatic carbocycles. The van der Waals surface area contributed by atoms with Crippen molar-refractivity contribution in [2.75, 3.05) is 12.0 Å². The number of rotatable bonds is 6. The first-order valence-corrected chi connectivity index (χ1v) is 7.82. The van der Waals surface area contributed by atoms with Crippen molar-refractivity contribution >= 4 is 39.1 Å². The third kappa shape index (κ3) is 3.78. The van der Waals surface area contributed by atoms with Crippen LogP contribution in [0.1, 0.15) is 5.56 Å². The maximum absolute atomic E-state index is 5.61. The van der Waals surface area contributed by atoms with Crippen LogP contribution in [0.15, 0.2) is 64.7 Å². The van der Waals surface area contributed by atoms with Gasteiger partial charge in [0.15, 0.2) is 0 Å². The van der Waals surface area contributed by atoms with Crippen LogP contribution in [-0.2, 0) is 0 Å². The zero-order chi connectivity index (χ0) is 16.1. The van der Waals surface area contributed by atoms with Crippen LogP contribution in [0.25, 0.3) is 11.0 Å². The summed E-state index contributed by atoms with van der Waals surface area (Å²) in [5.41, 5.74) is 5.60. The number of nitrogens with zero attached hydrogens (tertiary/aromatic N) is 2. The normalized spacial score (nSPS) is 11.0. The summed E-state index contributed by atoms with van der Waals surface area (Å²) in [4.78, 5) is 7.55. The number of ether oxygens (including phenoxy) is 1. The number of para-hydroxylation sites is 2. The van der Waals surface area contributed by atoms with E-state index in [4.69, 9.17) is 4.74 Å².